The first-order valence-corrected chi connectivity index (χ1v) is 7.46. The van der Waals surface area contributed by atoms with Gasteiger partial charge in [0, 0.05) is 38.8 Å². The summed E-state index contributed by atoms with van der Waals surface area (Å²) >= 11 is 0. The highest BCUT2D eigenvalue weighted by Crippen LogP contribution is 2.26. The van der Waals surface area contributed by atoms with Crippen LogP contribution in [0.15, 0.2) is 6.07 Å². The standard InChI is InChI=1S/C14H20F3N5O/c1-9(2)19-8-10-7-11(21-13(20-10)14(15,16)17)12(23)22-5-3-18-4-6-22/h7,9,18-19H,3-6,8H2,1-2H3. The van der Waals surface area contributed by atoms with Crippen molar-refractivity contribution in [3.63, 3.8) is 0 Å². The fourth-order valence-electron chi connectivity index (χ4n) is 2.16. The van der Waals surface area contributed by atoms with E-state index >= 15 is 0 Å². The number of nitrogens with one attached hydrogen (secondary N) is 2. The zero-order valence-electron chi connectivity index (χ0n) is 13.1. The number of hydrogen-bond acceptors (Lipinski definition) is 5. The van der Waals surface area contributed by atoms with Crippen LogP contribution in [0.2, 0.25) is 0 Å². The van der Waals surface area contributed by atoms with Crippen LogP contribution in [-0.4, -0.2) is 53.0 Å². The molecule has 0 radical (unpaired) electrons. The molecule has 2 heterocycles. The summed E-state index contributed by atoms with van der Waals surface area (Å²) in [6.45, 7) is 6.02. The molecule has 23 heavy (non-hydrogen) atoms. The third kappa shape index (κ3) is 4.87. The number of alkyl halides is 3. The zero-order chi connectivity index (χ0) is 17.0. The molecule has 9 heteroatoms. The molecule has 1 saturated heterocycles. The van der Waals surface area contributed by atoms with Crippen molar-refractivity contribution in [2.45, 2.75) is 32.6 Å². The molecular formula is C14H20F3N5O. The molecule has 0 spiro atoms. The van der Waals surface area contributed by atoms with Gasteiger partial charge in [0.1, 0.15) is 5.69 Å². The van der Waals surface area contributed by atoms with Gasteiger partial charge in [-0.2, -0.15) is 13.2 Å². The van der Waals surface area contributed by atoms with Crippen molar-refractivity contribution in [1.82, 2.24) is 25.5 Å². The number of hydrogen-bond donors (Lipinski definition) is 2. The average Bonchev–Trinajstić information content (AvgIpc) is 2.52. The van der Waals surface area contributed by atoms with Crippen molar-refractivity contribution in [2.24, 2.45) is 0 Å². The number of rotatable bonds is 4. The van der Waals surface area contributed by atoms with Crippen molar-refractivity contribution >= 4 is 5.91 Å². The normalized spacial score (nSPS) is 16.0. The predicted molar refractivity (Wildman–Crippen MR) is 77.8 cm³/mol. The van der Waals surface area contributed by atoms with Crippen molar-refractivity contribution in [1.29, 1.82) is 0 Å². The van der Waals surface area contributed by atoms with Gasteiger partial charge in [-0.1, -0.05) is 13.8 Å². The van der Waals surface area contributed by atoms with Crippen LogP contribution in [0, 0.1) is 0 Å². The highest BCUT2D eigenvalue weighted by molar-refractivity contribution is 5.92. The Kier molecular flexibility index (Phi) is 5.53. The zero-order valence-corrected chi connectivity index (χ0v) is 13.1. The summed E-state index contributed by atoms with van der Waals surface area (Å²) in [4.78, 5) is 20.8. The van der Waals surface area contributed by atoms with Crippen molar-refractivity contribution in [3.8, 4) is 0 Å². The summed E-state index contributed by atoms with van der Waals surface area (Å²) in [7, 11) is 0. The molecule has 1 amide bonds. The van der Waals surface area contributed by atoms with Gasteiger partial charge >= 0.3 is 6.18 Å². The van der Waals surface area contributed by atoms with Gasteiger partial charge in [0.25, 0.3) is 5.91 Å². The first-order chi connectivity index (χ1) is 10.8. The Hall–Kier alpha value is -1.74. The van der Waals surface area contributed by atoms with Gasteiger partial charge in [0.05, 0.1) is 5.69 Å². The molecule has 0 aliphatic carbocycles. The summed E-state index contributed by atoms with van der Waals surface area (Å²) in [5.74, 6) is -1.77. The highest BCUT2D eigenvalue weighted by atomic mass is 19.4. The lowest BCUT2D eigenvalue weighted by atomic mass is 10.2. The van der Waals surface area contributed by atoms with E-state index in [0.717, 1.165) is 0 Å². The molecule has 6 nitrogen and oxygen atoms in total. The van der Waals surface area contributed by atoms with E-state index in [1.165, 1.54) is 11.0 Å². The Morgan fingerprint density at radius 1 is 1.35 bits per heavy atom. The number of carbonyl (C=O) groups excluding carboxylic acids is 1. The Balaban J connectivity index is 2.29. The number of piperazine rings is 1. The van der Waals surface area contributed by atoms with Crippen LogP contribution < -0.4 is 10.6 Å². The molecule has 128 valence electrons. The molecule has 1 aliphatic rings. The Bertz CT molecular complexity index is 556. The van der Waals surface area contributed by atoms with E-state index in [1.54, 1.807) is 0 Å². The maximum absolute atomic E-state index is 13.0. The molecule has 0 saturated carbocycles. The first-order valence-electron chi connectivity index (χ1n) is 7.46. The number of nitrogens with zero attached hydrogens (tertiary/aromatic N) is 3. The van der Waals surface area contributed by atoms with Crippen LogP contribution in [0.3, 0.4) is 0 Å². The quantitative estimate of drug-likeness (QED) is 0.863. The molecule has 0 bridgehead atoms. The Morgan fingerprint density at radius 3 is 2.57 bits per heavy atom. The summed E-state index contributed by atoms with van der Waals surface area (Å²) < 4.78 is 38.9. The maximum atomic E-state index is 13.0. The van der Waals surface area contributed by atoms with Gasteiger partial charge in [-0.05, 0) is 6.07 Å². The van der Waals surface area contributed by atoms with E-state index in [2.05, 4.69) is 20.6 Å². The van der Waals surface area contributed by atoms with Crippen molar-refractivity contribution < 1.29 is 18.0 Å². The average molecular weight is 331 g/mol. The van der Waals surface area contributed by atoms with Crippen LogP contribution in [-0.2, 0) is 12.7 Å². The fraction of sp³-hybridized carbons (Fsp3) is 0.643. The highest BCUT2D eigenvalue weighted by Gasteiger charge is 2.36. The maximum Gasteiger partial charge on any atom is 0.451 e. The second-order valence-corrected chi connectivity index (χ2v) is 5.64. The van der Waals surface area contributed by atoms with Crippen molar-refractivity contribution in [2.75, 3.05) is 26.2 Å². The molecule has 2 N–H and O–H groups in total. The van der Waals surface area contributed by atoms with Gasteiger partial charge in [-0.15, -0.1) is 0 Å². The van der Waals surface area contributed by atoms with Crippen LogP contribution >= 0.6 is 0 Å². The molecule has 0 unspecified atom stereocenters. The summed E-state index contributed by atoms with van der Waals surface area (Å²) in [5, 5.41) is 6.08. The molecule has 1 aromatic rings. The minimum atomic E-state index is -4.69. The van der Waals surface area contributed by atoms with Gasteiger partial charge in [-0.3, -0.25) is 4.79 Å². The van der Waals surface area contributed by atoms with Gasteiger partial charge in [0.15, 0.2) is 0 Å². The van der Waals surface area contributed by atoms with Crippen molar-refractivity contribution in [3.05, 3.63) is 23.3 Å². The largest absolute Gasteiger partial charge is 0.451 e. The van der Waals surface area contributed by atoms with Gasteiger partial charge in [0.2, 0.25) is 5.82 Å². The number of halogens is 3. The van der Waals surface area contributed by atoms with E-state index in [-0.39, 0.29) is 24.0 Å². The SMILES string of the molecule is CC(C)NCc1cc(C(=O)N2CCNCC2)nc(C(F)(F)F)n1. The van der Waals surface area contributed by atoms with E-state index < -0.39 is 17.9 Å². The van der Waals surface area contributed by atoms with Crippen LogP contribution in [0.4, 0.5) is 13.2 Å². The topological polar surface area (TPSA) is 70.2 Å². The lowest BCUT2D eigenvalue weighted by Gasteiger charge is -2.27. The molecule has 0 aromatic carbocycles. The molecule has 2 rings (SSSR count). The molecule has 1 aliphatic heterocycles. The van der Waals surface area contributed by atoms with Gasteiger partial charge < -0.3 is 15.5 Å². The predicted octanol–water partition coefficient (Wildman–Crippen LogP) is 1.04. The summed E-state index contributed by atoms with van der Waals surface area (Å²) in [5.41, 5.74) is -0.0608. The lowest BCUT2D eigenvalue weighted by molar-refractivity contribution is -0.145. The molecule has 0 atom stereocenters. The lowest BCUT2D eigenvalue weighted by Crippen LogP contribution is -2.46. The second-order valence-electron chi connectivity index (χ2n) is 5.64. The number of aromatic nitrogens is 2. The van der Waals surface area contributed by atoms with E-state index in [9.17, 15) is 18.0 Å². The number of carbonyl (C=O) groups is 1. The third-order valence-electron chi connectivity index (χ3n) is 3.35. The monoisotopic (exact) mass is 331 g/mol. The van der Waals surface area contributed by atoms with Gasteiger partial charge in [-0.25, -0.2) is 9.97 Å². The first kappa shape index (κ1) is 17.6. The van der Waals surface area contributed by atoms with Crippen LogP contribution in [0.5, 0.6) is 0 Å². The third-order valence-corrected chi connectivity index (χ3v) is 3.35. The summed E-state index contributed by atoms with van der Waals surface area (Å²) in [6.07, 6.45) is -4.69. The van der Waals surface area contributed by atoms with E-state index in [1.807, 2.05) is 13.8 Å². The van der Waals surface area contributed by atoms with E-state index in [0.29, 0.717) is 26.2 Å². The smallest absolute Gasteiger partial charge is 0.335 e. The summed E-state index contributed by atoms with van der Waals surface area (Å²) in [6, 6.07) is 1.42. The van der Waals surface area contributed by atoms with Crippen LogP contribution in [0.25, 0.3) is 0 Å². The second kappa shape index (κ2) is 7.22. The fourth-order valence-corrected chi connectivity index (χ4v) is 2.16. The minimum absolute atomic E-state index is 0.0895. The van der Waals surface area contributed by atoms with Crippen LogP contribution in [0.1, 0.15) is 35.9 Å². The molecule has 1 aromatic heterocycles. The Labute approximate surface area is 132 Å². The van der Waals surface area contributed by atoms with E-state index in [4.69, 9.17) is 0 Å². The molecule has 1 fully saturated rings. The Morgan fingerprint density at radius 2 is 2.00 bits per heavy atom. The number of amides is 1. The minimum Gasteiger partial charge on any atom is -0.335 e. The molecular weight excluding hydrogens is 311 g/mol.